The number of aliphatic hydroxyl groups excluding tert-OH is 1. The highest BCUT2D eigenvalue weighted by molar-refractivity contribution is 7.99. The zero-order valence-electron chi connectivity index (χ0n) is 13.1. The van der Waals surface area contributed by atoms with Crippen molar-refractivity contribution in [3.63, 3.8) is 0 Å². The maximum absolute atomic E-state index is 9.82. The monoisotopic (exact) mass is 287 g/mol. The van der Waals surface area contributed by atoms with Crippen LogP contribution in [0.3, 0.4) is 0 Å². The largest absolute Gasteiger partial charge is 0.394 e. The van der Waals surface area contributed by atoms with Gasteiger partial charge in [-0.1, -0.05) is 27.2 Å². The smallest absolute Gasteiger partial charge is 0.0616 e. The molecule has 0 aromatic heterocycles. The molecule has 0 saturated heterocycles. The molecule has 2 nitrogen and oxygen atoms in total. The predicted molar refractivity (Wildman–Crippen MR) is 86.8 cm³/mol. The summed E-state index contributed by atoms with van der Waals surface area (Å²) in [5.41, 5.74) is 0.0363. The summed E-state index contributed by atoms with van der Waals surface area (Å²) in [6, 6.07) is 0. The quantitative estimate of drug-likeness (QED) is 0.601. The fourth-order valence-corrected chi connectivity index (χ4v) is 4.38. The highest BCUT2D eigenvalue weighted by atomic mass is 32.2. The molecule has 19 heavy (non-hydrogen) atoms. The van der Waals surface area contributed by atoms with Crippen molar-refractivity contribution in [3.05, 3.63) is 0 Å². The molecule has 0 aromatic carbocycles. The topological polar surface area (TPSA) is 32.3 Å². The van der Waals surface area contributed by atoms with Gasteiger partial charge >= 0.3 is 0 Å². The summed E-state index contributed by atoms with van der Waals surface area (Å²) in [4.78, 5) is 0. The SMILES string of the molecule is CCCNC1(CO)CCCC1CCSCCC(C)C. The number of rotatable bonds is 10. The van der Waals surface area contributed by atoms with Crippen molar-refractivity contribution in [2.24, 2.45) is 11.8 Å². The van der Waals surface area contributed by atoms with Crippen molar-refractivity contribution in [1.29, 1.82) is 0 Å². The van der Waals surface area contributed by atoms with E-state index in [2.05, 4.69) is 37.8 Å². The molecule has 1 fully saturated rings. The second-order valence-corrected chi connectivity index (χ2v) is 7.64. The van der Waals surface area contributed by atoms with Crippen LogP contribution in [-0.2, 0) is 0 Å². The van der Waals surface area contributed by atoms with Gasteiger partial charge in [-0.15, -0.1) is 0 Å². The van der Waals surface area contributed by atoms with Crippen molar-refractivity contribution >= 4 is 11.8 Å². The normalized spacial score (nSPS) is 27.3. The van der Waals surface area contributed by atoms with Gasteiger partial charge < -0.3 is 10.4 Å². The molecular formula is C16H33NOS. The van der Waals surface area contributed by atoms with Crippen LogP contribution in [-0.4, -0.2) is 35.3 Å². The molecule has 2 N–H and O–H groups in total. The second-order valence-electron chi connectivity index (χ2n) is 6.41. The van der Waals surface area contributed by atoms with E-state index in [1.54, 1.807) is 0 Å². The Hall–Kier alpha value is 0.270. The Balaban J connectivity index is 2.29. The fraction of sp³-hybridized carbons (Fsp3) is 1.00. The molecule has 1 aliphatic rings. The molecule has 0 amide bonds. The predicted octanol–water partition coefficient (Wildman–Crippen LogP) is 3.69. The molecule has 114 valence electrons. The number of thioether (sulfide) groups is 1. The first kappa shape index (κ1) is 17.3. The summed E-state index contributed by atoms with van der Waals surface area (Å²) in [7, 11) is 0. The van der Waals surface area contributed by atoms with Gasteiger partial charge in [0, 0.05) is 5.54 Å². The molecule has 1 saturated carbocycles. The summed E-state index contributed by atoms with van der Waals surface area (Å²) >= 11 is 2.09. The maximum Gasteiger partial charge on any atom is 0.0616 e. The van der Waals surface area contributed by atoms with Gasteiger partial charge in [-0.2, -0.15) is 11.8 Å². The third-order valence-electron chi connectivity index (χ3n) is 4.42. The van der Waals surface area contributed by atoms with E-state index in [9.17, 15) is 5.11 Å². The second kappa shape index (κ2) is 9.25. The standard InChI is InChI=1S/C16H33NOS/c1-4-10-17-16(13-18)9-5-6-15(16)8-12-19-11-7-14(2)3/h14-15,17-18H,4-13H2,1-3H3. The molecule has 2 unspecified atom stereocenters. The highest BCUT2D eigenvalue weighted by Crippen LogP contribution is 2.38. The molecule has 3 heteroatoms. The first-order valence-electron chi connectivity index (χ1n) is 8.08. The average Bonchev–Trinajstić information content (AvgIpc) is 2.79. The van der Waals surface area contributed by atoms with Gasteiger partial charge in [-0.25, -0.2) is 0 Å². The average molecular weight is 288 g/mol. The highest BCUT2D eigenvalue weighted by Gasteiger charge is 2.41. The van der Waals surface area contributed by atoms with Crippen molar-refractivity contribution in [2.45, 2.75) is 64.8 Å². The Kier molecular flexibility index (Phi) is 8.43. The molecule has 0 radical (unpaired) electrons. The summed E-state index contributed by atoms with van der Waals surface area (Å²) < 4.78 is 0. The van der Waals surface area contributed by atoms with E-state index in [0.717, 1.165) is 25.3 Å². The van der Waals surface area contributed by atoms with Gasteiger partial charge in [0.1, 0.15) is 0 Å². The number of nitrogens with one attached hydrogen (secondary N) is 1. The summed E-state index contributed by atoms with van der Waals surface area (Å²) in [5.74, 6) is 4.04. The number of hydrogen-bond donors (Lipinski definition) is 2. The molecule has 0 aliphatic heterocycles. The van der Waals surface area contributed by atoms with E-state index in [1.807, 2.05) is 0 Å². The first-order valence-corrected chi connectivity index (χ1v) is 9.23. The lowest BCUT2D eigenvalue weighted by Gasteiger charge is -2.35. The third-order valence-corrected chi connectivity index (χ3v) is 5.47. The summed E-state index contributed by atoms with van der Waals surface area (Å²) in [5, 5.41) is 13.5. The van der Waals surface area contributed by atoms with Crippen LogP contribution in [0.2, 0.25) is 0 Å². The lowest BCUT2D eigenvalue weighted by Crippen LogP contribution is -2.51. The van der Waals surface area contributed by atoms with Gasteiger partial charge in [0.15, 0.2) is 0 Å². The fourth-order valence-electron chi connectivity index (χ4n) is 3.08. The lowest BCUT2D eigenvalue weighted by molar-refractivity contribution is 0.122. The Morgan fingerprint density at radius 3 is 2.79 bits per heavy atom. The molecule has 2 atom stereocenters. The van der Waals surface area contributed by atoms with E-state index >= 15 is 0 Å². The van der Waals surface area contributed by atoms with Crippen LogP contribution in [0.15, 0.2) is 0 Å². The molecule has 1 rings (SSSR count). The Bertz CT molecular complexity index is 235. The molecular weight excluding hydrogens is 254 g/mol. The minimum absolute atomic E-state index is 0.0363. The lowest BCUT2D eigenvalue weighted by atomic mass is 9.85. The zero-order chi connectivity index (χ0) is 14.1. The van der Waals surface area contributed by atoms with Gasteiger partial charge in [0.2, 0.25) is 0 Å². The van der Waals surface area contributed by atoms with E-state index in [0.29, 0.717) is 12.5 Å². The van der Waals surface area contributed by atoms with E-state index in [1.165, 1.54) is 37.2 Å². The Morgan fingerprint density at radius 1 is 1.37 bits per heavy atom. The van der Waals surface area contributed by atoms with Crippen molar-refractivity contribution in [1.82, 2.24) is 5.32 Å². The van der Waals surface area contributed by atoms with E-state index < -0.39 is 0 Å². The van der Waals surface area contributed by atoms with Crippen LogP contribution in [0.25, 0.3) is 0 Å². The van der Waals surface area contributed by atoms with E-state index in [4.69, 9.17) is 0 Å². The van der Waals surface area contributed by atoms with Crippen LogP contribution in [0, 0.1) is 11.8 Å². The third kappa shape index (κ3) is 5.65. The minimum Gasteiger partial charge on any atom is -0.394 e. The van der Waals surface area contributed by atoms with Crippen LogP contribution in [0.1, 0.15) is 59.3 Å². The number of aliphatic hydroxyl groups is 1. The first-order chi connectivity index (χ1) is 9.14. The van der Waals surface area contributed by atoms with Crippen molar-refractivity contribution < 1.29 is 5.11 Å². The molecule has 0 bridgehead atoms. The van der Waals surface area contributed by atoms with Crippen LogP contribution < -0.4 is 5.32 Å². The molecule has 1 aliphatic carbocycles. The Morgan fingerprint density at radius 2 is 2.16 bits per heavy atom. The van der Waals surface area contributed by atoms with Crippen LogP contribution in [0.5, 0.6) is 0 Å². The summed E-state index contributed by atoms with van der Waals surface area (Å²) in [6.07, 6.45) is 7.47. The van der Waals surface area contributed by atoms with Crippen molar-refractivity contribution in [3.8, 4) is 0 Å². The molecule has 0 aromatic rings. The molecule has 0 heterocycles. The van der Waals surface area contributed by atoms with Gasteiger partial charge in [0.05, 0.1) is 6.61 Å². The van der Waals surface area contributed by atoms with Gasteiger partial charge in [-0.3, -0.25) is 0 Å². The zero-order valence-corrected chi connectivity index (χ0v) is 13.9. The van der Waals surface area contributed by atoms with Gasteiger partial charge in [0.25, 0.3) is 0 Å². The van der Waals surface area contributed by atoms with Gasteiger partial charge in [-0.05, 0) is 62.0 Å². The minimum atomic E-state index is 0.0363. The Labute approximate surface area is 124 Å². The molecule has 0 spiro atoms. The van der Waals surface area contributed by atoms with Crippen molar-refractivity contribution in [2.75, 3.05) is 24.7 Å². The summed E-state index contributed by atoms with van der Waals surface area (Å²) in [6.45, 7) is 8.14. The van der Waals surface area contributed by atoms with Crippen LogP contribution in [0.4, 0.5) is 0 Å². The van der Waals surface area contributed by atoms with Crippen LogP contribution >= 0.6 is 11.8 Å². The maximum atomic E-state index is 9.82. The number of hydrogen-bond acceptors (Lipinski definition) is 3. The van der Waals surface area contributed by atoms with E-state index in [-0.39, 0.29) is 5.54 Å².